The van der Waals surface area contributed by atoms with Crippen molar-refractivity contribution >= 4 is 5.91 Å². The molecule has 0 aromatic rings. The minimum absolute atomic E-state index is 0.423. The number of carbonyl (C=O) groups is 1. The van der Waals surface area contributed by atoms with E-state index in [0.29, 0.717) is 6.42 Å². The molecule has 0 spiro atoms. The van der Waals surface area contributed by atoms with Crippen molar-refractivity contribution in [3.8, 4) is 0 Å². The Labute approximate surface area is 87.2 Å². The summed E-state index contributed by atoms with van der Waals surface area (Å²) in [6, 6.07) is 0. The Morgan fingerprint density at radius 1 is 0.857 bits per heavy atom. The quantitative estimate of drug-likeness (QED) is 0.548. The van der Waals surface area contributed by atoms with Gasteiger partial charge in [0.05, 0.1) is 0 Å². The maximum Gasteiger partial charge on any atom is 0.238 e. The van der Waals surface area contributed by atoms with Crippen molar-refractivity contribution in [2.24, 2.45) is 5.73 Å². The smallest absolute Gasteiger partial charge is 0.238 e. The van der Waals surface area contributed by atoms with Crippen LogP contribution >= 0.6 is 0 Å². The van der Waals surface area contributed by atoms with Gasteiger partial charge in [-0.1, -0.05) is 38.5 Å². The van der Waals surface area contributed by atoms with Crippen molar-refractivity contribution in [3.63, 3.8) is 0 Å². The molecule has 0 heterocycles. The lowest BCUT2D eigenvalue weighted by Crippen LogP contribution is -1.97. The van der Waals surface area contributed by atoms with Crippen LogP contribution in [0.1, 0.15) is 57.8 Å². The highest BCUT2D eigenvalue weighted by atomic mass is 16.1. The Kier molecular flexibility index (Phi) is 10.1. The molecule has 83 valence electrons. The van der Waals surface area contributed by atoms with E-state index < -0.39 is 5.91 Å². The van der Waals surface area contributed by atoms with Crippen LogP contribution < -0.4 is 11.5 Å². The number of nitrogens with two attached hydrogens (primary N) is 1. The van der Waals surface area contributed by atoms with E-state index in [1.807, 2.05) is 0 Å². The summed E-state index contributed by atoms with van der Waals surface area (Å²) in [4.78, 5) is 10.3. The summed E-state index contributed by atoms with van der Waals surface area (Å²) in [5.74, 6) is -0.423. The van der Waals surface area contributed by atoms with Crippen LogP contribution in [0.15, 0.2) is 0 Å². The zero-order valence-electron chi connectivity index (χ0n) is 9.06. The molecule has 0 unspecified atom stereocenters. The van der Waals surface area contributed by atoms with Crippen LogP contribution in [0.2, 0.25) is 0 Å². The van der Waals surface area contributed by atoms with Gasteiger partial charge in [-0.2, -0.15) is 0 Å². The van der Waals surface area contributed by atoms with Gasteiger partial charge in [-0.05, 0) is 19.4 Å². The van der Waals surface area contributed by atoms with Crippen LogP contribution in [0.25, 0.3) is 0 Å². The first-order valence-corrected chi connectivity index (χ1v) is 5.72. The molecule has 3 N–H and O–H groups in total. The van der Waals surface area contributed by atoms with E-state index in [-0.39, 0.29) is 0 Å². The molecule has 3 heteroatoms. The number of amides is 1. The summed E-state index contributed by atoms with van der Waals surface area (Å²) in [7, 11) is 0. The molecule has 0 bridgehead atoms. The molecular formula is C11H23N2O. The fourth-order valence-electron chi connectivity index (χ4n) is 1.49. The molecule has 3 nitrogen and oxygen atoms in total. The molecule has 0 saturated carbocycles. The highest BCUT2D eigenvalue weighted by Gasteiger charge is 1.95. The maximum absolute atomic E-state index is 10.3. The summed E-state index contributed by atoms with van der Waals surface area (Å²) in [5.41, 5.74) is 12.1. The molecule has 0 saturated heterocycles. The van der Waals surface area contributed by atoms with Crippen molar-refractivity contribution in [2.75, 3.05) is 6.54 Å². The van der Waals surface area contributed by atoms with Gasteiger partial charge in [0.1, 0.15) is 0 Å². The van der Waals surface area contributed by atoms with Gasteiger partial charge in [0.2, 0.25) is 5.91 Å². The van der Waals surface area contributed by atoms with Gasteiger partial charge < -0.3 is 5.73 Å². The average Bonchev–Trinajstić information content (AvgIpc) is 2.15. The van der Waals surface area contributed by atoms with E-state index in [9.17, 15) is 4.79 Å². The second-order valence-corrected chi connectivity index (χ2v) is 3.79. The molecule has 1 amide bonds. The van der Waals surface area contributed by atoms with Crippen molar-refractivity contribution in [1.29, 1.82) is 0 Å². The Morgan fingerprint density at radius 3 is 1.71 bits per heavy atom. The van der Waals surface area contributed by atoms with Crippen molar-refractivity contribution in [2.45, 2.75) is 57.8 Å². The number of unbranched alkanes of at least 4 members (excludes halogenated alkanes) is 7. The van der Waals surface area contributed by atoms with Gasteiger partial charge in [-0.15, -0.1) is 0 Å². The normalized spacial score (nSPS) is 10.4. The van der Waals surface area contributed by atoms with Crippen LogP contribution in [-0.2, 0) is 4.79 Å². The van der Waals surface area contributed by atoms with Crippen LogP contribution in [-0.4, -0.2) is 12.5 Å². The first-order chi connectivity index (χ1) is 6.77. The summed E-state index contributed by atoms with van der Waals surface area (Å²) in [5, 5.41) is 0. The summed E-state index contributed by atoms with van der Waals surface area (Å²) < 4.78 is 0. The molecule has 0 aromatic heterocycles. The van der Waals surface area contributed by atoms with Crippen LogP contribution in [0.5, 0.6) is 0 Å². The molecule has 0 aliphatic heterocycles. The lowest BCUT2D eigenvalue weighted by molar-refractivity contribution is -0.118. The predicted molar refractivity (Wildman–Crippen MR) is 58.7 cm³/mol. The summed E-state index contributed by atoms with van der Waals surface area (Å²) in [6.07, 6.45) is 9.87. The third-order valence-electron chi connectivity index (χ3n) is 2.36. The van der Waals surface area contributed by atoms with Crippen LogP contribution in [0.3, 0.4) is 0 Å². The topological polar surface area (TPSA) is 66.9 Å². The van der Waals surface area contributed by atoms with E-state index in [2.05, 4.69) is 0 Å². The number of hydrogen-bond acceptors (Lipinski definition) is 2. The molecule has 14 heavy (non-hydrogen) atoms. The highest BCUT2D eigenvalue weighted by Crippen LogP contribution is 2.09. The van der Waals surface area contributed by atoms with E-state index in [1.165, 1.54) is 32.1 Å². The predicted octanol–water partition coefficient (Wildman–Crippen LogP) is 2.27. The minimum Gasteiger partial charge on any atom is -0.330 e. The molecule has 0 aliphatic carbocycles. The summed E-state index contributed by atoms with van der Waals surface area (Å²) in [6.45, 7) is 0.811. The van der Waals surface area contributed by atoms with Crippen molar-refractivity contribution in [1.82, 2.24) is 5.73 Å². The minimum atomic E-state index is -0.423. The van der Waals surface area contributed by atoms with Crippen molar-refractivity contribution in [3.05, 3.63) is 0 Å². The van der Waals surface area contributed by atoms with Crippen LogP contribution in [0.4, 0.5) is 0 Å². The first kappa shape index (κ1) is 13.4. The van der Waals surface area contributed by atoms with Gasteiger partial charge in [-0.3, -0.25) is 10.5 Å². The van der Waals surface area contributed by atoms with Gasteiger partial charge in [0.25, 0.3) is 0 Å². The number of carbonyl (C=O) groups excluding carboxylic acids is 1. The standard InChI is InChI=1S/C11H23N2O/c12-10-8-6-4-2-1-3-5-7-9-11(13)14/h13H,1-10,12H2. The third kappa shape index (κ3) is 11.4. The average molecular weight is 199 g/mol. The Bertz CT molecular complexity index is 137. The van der Waals surface area contributed by atoms with Gasteiger partial charge in [0, 0.05) is 6.42 Å². The van der Waals surface area contributed by atoms with Crippen molar-refractivity contribution < 1.29 is 4.79 Å². The zero-order chi connectivity index (χ0) is 10.6. The number of rotatable bonds is 10. The molecule has 0 rings (SSSR count). The number of hydrogen-bond donors (Lipinski definition) is 1. The van der Waals surface area contributed by atoms with Crippen LogP contribution in [0, 0.1) is 0 Å². The SMILES string of the molecule is [NH]C(=O)CCCCCCCCCCN. The van der Waals surface area contributed by atoms with E-state index in [0.717, 1.165) is 25.8 Å². The molecule has 0 aromatic carbocycles. The second-order valence-electron chi connectivity index (χ2n) is 3.79. The lowest BCUT2D eigenvalue weighted by atomic mass is 10.1. The molecular weight excluding hydrogens is 176 g/mol. The largest absolute Gasteiger partial charge is 0.330 e. The highest BCUT2D eigenvalue weighted by molar-refractivity contribution is 5.72. The molecule has 0 fully saturated rings. The van der Waals surface area contributed by atoms with Gasteiger partial charge in [-0.25, -0.2) is 0 Å². The van der Waals surface area contributed by atoms with E-state index in [4.69, 9.17) is 11.5 Å². The second kappa shape index (κ2) is 10.5. The maximum atomic E-state index is 10.3. The molecule has 0 atom stereocenters. The monoisotopic (exact) mass is 199 g/mol. The Morgan fingerprint density at radius 2 is 1.29 bits per heavy atom. The van der Waals surface area contributed by atoms with Gasteiger partial charge in [0.15, 0.2) is 0 Å². The first-order valence-electron chi connectivity index (χ1n) is 5.72. The zero-order valence-corrected chi connectivity index (χ0v) is 9.06. The van der Waals surface area contributed by atoms with E-state index in [1.54, 1.807) is 0 Å². The fourth-order valence-corrected chi connectivity index (χ4v) is 1.49. The van der Waals surface area contributed by atoms with E-state index >= 15 is 0 Å². The fraction of sp³-hybridized carbons (Fsp3) is 0.909. The Balaban J connectivity index is 2.88. The van der Waals surface area contributed by atoms with Gasteiger partial charge >= 0.3 is 0 Å². The Hall–Kier alpha value is -0.570. The molecule has 0 aliphatic rings. The summed E-state index contributed by atoms with van der Waals surface area (Å²) >= 11 is 0. The lowest BCUT2D eigenvalue weighted by Gasteiger charge is -2.00. The third-order valence-corrected chi connectivity index (χ3v) is 2.36. The number of nitrogens with one attached hydrogen (secondary N) is 1. The molecule has 1 radical (unpaired) electrons.